The van der Waals surface area contributed by atoms with Gasteiger partial charge in [0.2, 0.25) is 0 Å². The molecule has 5 rings (SSSR count). The Balaban J connectivity index is 1.09. The van der Waals surface area contributed by atoms with E-state index < -0.39 is 0 Å². The number of hydrogen-bond donors (Lipinski definition) is 0. The Morgan fingerprint density at radius 2 is 1.94 bits per heavy atom. The number of ether oxygens (including phenoxy) is 2. The van der Waals surface area contributed by atoms with E-state index in [4.69, 9.17) is 9.47 Å². The Bertz CT molecular complexity index is 1100. The van der Waals surface area contributed by atoms with Crippen molar-refractivity contribution >= 4 is 16.8 Å². The molecule has 2 aromatic carbocycles. The highest BCUT2D eigenvalue weighted by Crippen LogP contribution is 2.39. The van der Waals surface area contributed by atoms with Gasteiger partial charge in [-0.25, -0.2) is 9.37 Å². The van der Waals surface area contributed by atoms with E-state index in [9.17, 15) is 9.18 Å². The number of fused-ring (bicyclic) bond motifs is 1. The molecule has 2 fully saturated rings. The van der Waals surface area contributed by atoms with Crippen LogP contribution in [0.1, 0.15) is 28.9 Å². The van der Waals surface area contributed by atoms with Gasteiger partial charge in [0.25, 0.3) is 5.91 Å². The summed E-state index contributed by atoms with van der Waals surface area (Å²) in [6.07, 6.45) is 1.79. The van der Waals surface area contributed by atoms with Gasteiger partial charge in [-0.2, -0.15) is 0 Å². The molecule has 31 heavy (non-hydrogen) atoms. The number of carbonyl (C=O) groups is 1. The Kier molecular flexibility index (Phi) is 5.42. The lowest BCUT2D eigenvalue weighted by atomic mass is 9.86. The van der Waals surface area contributed by atoms with Crippen molar-refractivity contribution < 1.29 is 18.7 Å². The Labute approximate surface area is 180 Å². The molecule has 1 atom stereocenters. The zero-order valence-corrected chi connectivity index (χ0v) is 17.3. The van der Waals surface area contributed by atoms with E-state index in [-0.39, 0.29) is 23.9 Å². The predicted octanol–water partition coefficient (Wildman–Crippen LogP) is 4.21. The highest BCUT2D eigenvalue weighted by Gasteiger charge is 2.51. The SMILES string of the molecule is O=C(c1ccc2ccccc2n1)N1CC2(CC(CCOCc3ccccc3F)CO2)C1. The maximum Gasteiger partial charge on any atom is 0.272 e. The highest BCUT2D eigenvalue weighted by atomic mass is 19.1. The smallest absolute Gasteiger partial charge is 0.272 e. The molecular formula is C25H25FN2O3. The quantitative estimate of drug-likeness (QED) is 0.561. The molecule has 0 saturated carbocycles. The van der Waals surface area contributed by atoms with Crippen LogP contribution in [0.25, 0.3) is 10.9 Å². The average molecular weight is 420 g/mol. The van der Waals surface area contributed by atoms with Gasteiger partial charge in [-0.3, -0.25) is 4.79 Å². The van der Waals surface area contributed by atoms with Gasteiger partial charge in [0.15, 0.2) is 0 Å². The maximum atomic E-state index is 13.6. The lowest BCUT2D eigenvalue weighted by molar-refractivity contribution is -0.0951. The van der Waals surface area contributed by atoms with E-state index in [1.807, 2.05) is 41.3 Å². The molecule has 0 aliphatic carbocycles. The lowest BCUT2D eigenvalue weighted by Crippen LogP contribution is -2.63. The van der Waals surface area contributed by atoms with Gasteiger partial charge < -0.3 is 14.4 Å². The zero-order valence-electron chi connectivity index (χ0n) is 17.3. The van der Waals surface area contributed by atoms with Gasteiger partial charge in [-0.15, -0.1) is 0 Å². The van der Waals surface area contributed by atoms with E-state index >= 15 is 0 Å². The van der Waals surface area contributed by atoms with Crippen LogP contribution < -0.4 is 0 Å². The molecular weight excluding hydrogens is 395 g/mol. The third-order valence-electron chi connectivity index (χ3n) is 6.23. The van der Waals surface area contributed by atoms with Crippen molar-refractivity contribution in [3.05, 3.63) is 77.7 Å². The predicted molar refractivity (Wildman–Crippen MR) is 115 cm³/mol. The van der Waals surface area contributed by atoms with Crippen molar-refractivity contribution in [1.82, 2.24) is 9.88 Å². The number of pyridine rings is 1. The minimum absolute atomic E-state index is 0.0448. The zero-order chi connectivity index (χ0) is 21.3. The highest BCUT2D eigenvalue weighted by molar-refractivity contribution is 5.95. The maximum absolute atomic E-state index is 13.6. The van der Waals surface area contributed by atoms with Gasteiger partial charge in [0, 0.05) is 17.6 Å². The Hall–Kier alpha value is -2.83. The fourth-order valence-corrected chi connectivity index (χ4v) is 4.53. The van der Waals surface area contributed by atoms with Gasteiger partial charge >= 0.3 is 0 Å². The minimum Gasteiger partial charge on any atom is -0.377 e. The monoisotopic (exact) mass is 420 g/mol. The third-order valence-corrected chi connectivity index (χ3v) is 6.23. The molecule has 2 aliphatic rings. The number of halogens is 1. The van der Waals surface area contributed by atoms with Crippen molar-refractivity contribution in [1.29, 1.82) is 0 Å². The van der Waals surface area contributed by atoms with E-state index in [1.54, 1.807) is 18.2 Å². The number of aromatic nitrogens is 1. The first-order valence-electron chi connectivity index (χ1n) is 10.7. The number of carbonyl (C=O) groups excluding carboxylic acids is 1. The van der Waals surface area contributed by atoms with Crippen LogP contribution in [-0.4, -0.2) is 47.7 Å². The summed E-state index contributed by atoms with van der Waals surface area (Å²) >= 11 is 0. The summed E-state index contributed by atoms with van der Waals surface area (Å²) in [7, 11) is 0. The van der Waals surface area contributed by atoms with Crippen LogP contribution in [0.3, 0.4) is 0 Å². The number of likely N-dealkylation sites (tertiary alicyclic amines) is 1. The minimum atomic E-state index is -0.233. The molecule has 2 aliphatic heterocycles. The first-order chi connectivity index (χ1) is 15.1. The summed E-state index contributed by atoms with van der Waals surface area (Å²) in [5, 5.41) is 1.03. The van der Waals surface area contributed by atoms with Crippen LogP contribution in [0.15, 0.2) is 60.7 Å². The molecule has 160 valence electrons. The number of para-hydroxylation sites is 1. The standard InChI is InChI=1S/C25H25FN2O3/c26-21-7-3-1-6-20(21)15-30-12-11-18-13-25(31-14-18)16-28(17-25)24(29)23-10-9-19-5-2-4-8-22(19)27-23/h1-10,18H,11-17H2. The van der Waals surface area contributed by atoms with E-state index in [0.717, 1.165) is 23.7 Å². The van der Waals surface area contributed by atoms with Gasteiger partial charge in [0.1, 0.15) is 17.1 Å². The topological polar surface area (TPSA) is 51.7 Å². The molecule has 0 bridgehead atoms. The first-order valence-corrected chi connectivity index (χ1v) is 10.7. The second kappa shape index (κ2) is 8.36. The van der Waals surface area contributed by atoms with Crippen LogP contribution in [0.4, 0.5) is 4.39 Å². The largest absolute Gasteiger partial charge is 0.377 e. The van der Waals surface area contributed by atoms with Crippen LogP contribution in [-0.2, 0) is 16.1 Å². The van der Waals surface area contributed by atoms with Crippen LogP contribution in [0, 0.1) is 11.7 Å². The Morgan fingerprint density at radius 3 is 2.81 bits per heavy atom. The number of amides is 1. The molecule has 2 saturated heterocycles. The van der Waals surface area contributed by atoms with Crippen molar-refractivity contribution in [2.75, 3.05) is 26.3 Å². The summed E-state index contributed by atoms with van der Waals surface area (Å²) in [5.74, 6) is 0.124. The van der Waals surface area contributed by atoms with Gasteiger partial charge in [-0.1, -0.05) is 42.5 Å². The van der Waals surface area contributed by atoms with Crippen LogP contribution in [0.2, 0.25) is 0 Å². The average Bonchev–Trinajstić information content (AvgIpc) is 3.21. The lowest BCUT2D eigenvalue weighted by Gasteiger charge is -2.47. The molecule has 5 nitrogen and oxygen atoms in total. The van der Waals surface area contributed by atoms with Crippen molar-refractivity contribution in [2.24, 2.45) is 5.92 Å². The molecule has 0 radical (unpaired) electrons. The number of nitrogens with zero attached hydrogens (tertiary/aromatic N) is 2. The van der Waals surface area contributed by atoms with Crippen molar-refractivity contribution in [2.45, 2.75) is 25.0 Å². The molecule has 0 N–H and O–H groups in total. The third kappa shape index (κ3) is 4.18. The fraction of sp³-hybridized carbons (Fsp3) is 0.360. The van der Waals surface area contributed by atoms with Gasteiger partial charge in [-0.05, 0) is 37.0 Å². The summed E-state index contributed by atoms with van der Waals surface area (Å²) in [6.45, 7) is 2.74. The van der Waals surface area contributed by atoms with Gasteiger partial charge in [0.05, 0.1) is 31.8 Å². The van der Waals surface area contributed by atoms with E-state index in [1.165, 1.54) is 6.07 Å². The molecule has 1 spiro atoms. The molecule has 3 aromatic rings. The molecule has 3 heterocycles. The fourth-order valence-electron chi connectivity index (χ4n) is 4.53. The van der Waals surface area contributed by atoms with Crippen molar-refractivity contribution in [3.63, 3.8) is 0 Å². The van der Waals surface area contributed by atoms with E-state index in [2.05, 4.69) is 4.98 Å². The number of rotatable bonds is 6. The second-order valence-electron chi connectivity index (χ2n) is 8.55. The van der Waals surface area contributed by atoms with Crippen LogP contribution in [0.5, 0.6) is 0 Å². The van der Waals surface area contributed by atoms with E-state index in [0.29, 0.717) is 43.5 Å². The summed E-state index contributed by atoms with van der Waals surface area (Å²) in [5.41, 5.74) is 1.65. The Morgan fingerprint density at radius 1 is 1.13 bits per heavy atom. The number of benzene rings is 2. The van der Waals surface area contributed by atoms with Crippen LogP contribution >= 0.6 is 0 Å². The molecule has 1 aromatic heterocycles. The summed E-state index contributed by atoms with van der Waals surface area (Å²) < 4.78 is 25.4. The molecule has 1 amide bonds. The summed E-state index contributed by atoms with van der Waals surface area (Å²) in [6, 6.07) is 18.2. The van der Waals surface area contributed by atoms with Crippen molar-refractivity contribution in [3.8, 4) is 0 Å². The first kappa shape index (κ1) is 20.1. The number of hydrogen-bond acceptors (Lipinski definition) is 4. The second-order valence-corrected chi connectivity index (χ2v) is 8.55. The normalized spacial score (nSPS) is 19.6. The molecule has 6 heteroatoms. The molecule has 1 unspecified atom stereocenters. The summed E-state index contributed by atoms with van der Waals surface area (Å²) in [4.78, 5) is 19.2.